The summed E-state index contributed by atoms with van der Waals surface area (Å²) >= 11 is 0. The number of aryl methyl sites for hydroxylation is 1. The van der Waals surface area contributed by atoms with E-state index in [1.165, 1.54) is 11.1 Å². The Morgan fingerprint density at radius 2 is 2.19 bits per heavy atom. The van der Waals surface area contributed by atoms with Gasteiger partial charge in [-0.15, -0.1) is 0 Å². The van der Waals surface area contributed by atoms with Crippen molar-refractivity contribution in [2.45, 2.75) is 26.8 Å². The Bertz CT molecular complexity index is 350. The smallest absolute Gasteiger partial charge is 0.233 e. The van der Waals surface area contributed by atoms with E-state index in [0.29, 0.717) is 13.1 Å². The third-order valence-corrected chi connectivity index (χ3v) is 2.48. The van der Waals surface area contributed by atoms with E-state index in [2.05, 4.69) is 42.7 Å². The van der Waals surface area contributed by atoms with Crippen LogP contribution in [0.3, 0.4) is 0 Å². The zero-order chi connectivity index (χ0) is 12.0. The van der Waals surface area contributed by atoms with E-state index in [1.54, 1.807) is 0 Å². The molecule has 1 aromatic rings. The van der Waals surface area contributed by atoms with Crippen LogP contribution in [-0.2, 0) is 4.79 Å². The molecule has 1 aromatic carbocycles. The highest BCUT2D eigenvalue weighted by Gasteiger charge is 2.06. The lowest BCUT2D eigenvalue weighted by Gasteiger charge is -2.14. The molecule has 1 unspecified atom stereocenters. The van der Waals surface area contributed by atoms with Gasteiger partial charge in [-0.2, -0.15) is 0 Å². The number of carbonyl (C=O) groups excluding carboxylic acids is 1. The van der Waals surface area contributed by atoms with E-state index < -0.39 is 0 Å². The van der Waals surface area contributed by atoms with Crippen LogP contribution >= 0.6 is 0 Å². The Balaban J connectivity index is 2.46. The monoisotopic (exact) mass is 220 g/mol. The van der Waals surface area contributed by atoms with Gasteiger partial charge in [-0.1, -0.05) is 29.8 Å². The zero-order valence-electron chi connectivity index (χ0n) is 10.2. The largest absolute Gasteiger partial charge is 0.355 e. The van der Waals surface area contributed by atoms with Gasteiger partial charge in [-0.3, -0.25) is 4.79 Å². The lowest BCUT2D eigenvalue weighted by molar-refractivity contribution is -0.120. The summed E-state index contributed by atoms with van der Waals surface area (Å²) in [5, 5.41) is 5.96. The fraction of sp³-hybridized carbons (Fsp3) is 0.462. The molecule has 2 N–H and O–H groups in total. The predicted molar refractivity (Wildman–Crippen MR) is 66.3 cm³/mol. The fourth-order valence-electron chi connectivity index (χ4n) is 1.56. The van der Waals surface area contributed by atoms with Crippen LogP contribution < -0.4 is 10.6 Å². The molecule has 0 heterocycles. The van der Waals surface area contributed by atoms with Crippen LogP contribution in [0.1, 0.15) is 31.0 Å². The highest BCUT2D eigenvalue weighted by atomic mass is 16.1. The molecule has 0 aromatic heterocycles. The Morgan fingerprint density at radius 1 is 1.44 bits per heavy atom. The molecular formula is C13H20N2O. The maximum absolute atomic E-state index is 11.3. The molecule has 0 bridgehead atoms. The number of carbonyl (C=O) groups is 1. The van der Waals surface area contributed by atoms with E-state index in [4.69, 9.17) is 0 Å². The van der Waals surface area contributed by atoms with Crippen LogP contribution in [0, 0.1) is 6.92 Å². The third kappa shape index (κ3) is 4.03. The minimum absolute atomic E-state index is 0.0435. The summed E-state index contributed by atoms with van der Waals surface area (Å²) < 4.78 is 0. The highest BCUT2D eigenvalue weighted by Crippen LogP contribution is 2.13. The standard InChI is InChI=1S/C13H20N2O/c1-4-14-13(16)9-15-11(3)12-7-5-6-10(2)8-12/h5-8,11,15H,4,9H2,1-3H3,(H,14,16). The van der Waals surface area contributed by atoms with E-state index in [-0.39, 0.29) is 11.9 Å². The number of nitrogens with one attached hydrogen (secondary N) is 2. The van der Waals surface area contributed by atoms with Crippen molar-refractivity contribution in [1.82, 2.24) is 10.6 Å². The van der Waals surface area contributed by atoms with Gasteiger partial charge in [-0.05, 0) is 26.3 Å². The third-order valence-electron chi connectivity index (χ3n) is 2.48. The van der Waals surface area contributed by atoms with Crippen molar-refractivity contribution in [2.24, 2.45) is 0 Å². The SMILES string of the molecule is CCNC(=O)CNC(C)c1cccc(C)c1. The van der Waals surface area contributed by atoms with E-state index >= 15 is 0 Å². The highest BCUT2D eigenvalue weighted by molar-refractivity contribution is 5.77. The Kier molecular flexibility index (Phi) is 4.99. The van der Waals surface area contributed by atoms with Gasteiger partial charge in [0.15, 0.2) is 0 Å². The zero-order valence-corrected chi connectivity index (χ0v) is 10.2. The van der Waals surface area contributed by atoms with Crippen molar-refractivity contribution in [2.75, 3.05) is 13.1 Å². The molecule has 0 spiro atoms. The molecule has 0 fully saturated rings. The topological polar surface area (TPSA) is 41.1 Å². The van der Waals surface area contributed by atoms with Crippen LogP contribution in [0.4, 0.5) is 0 Å². The van der Waals surface area contributed by atoms with E-state index in [1.807, 2.05) is 13.0 Å². The average molecular weight is 220 g/mol. The molecule has 1 rings (SSSR count). The van der Waals surface area contributed by atoms with Gasteiger partial charge in [0, 0.05) is 12.6 Å². The van der Waals surface area contributed by atoms with Crippen molar-refractivity contribution in [3.05, 3.63) is 35.4 Å². The molecule has 3 heteroatoms. The summed E-state index contributed by atoms with van der Waals surface area (Å²) in [6.45, 7) is 7.10. The first-order valence-electron chi connectivity index (χ1n) is 5.70. The molecule has 88 valence electrons. The summed E-state index contributed by atoms with van der Waals surface area (Å²) in [7, 11) is 0. The minimum Gasteiger partial charge on any atom is -0.355 e. The normalized spacial score (nSPS) is 12.2. The summed E-state index contributed by atoms with van der Waals surface area (Å²) in [6, 6.07) is 8.51. The summed E-state index contributed by atoms with van der Waals surface area (Å²) in [5.74, 6) is 0.0435. The van der Waals surface area contributed by atoms with Gasteiger partial charge in [0.2, 0.25) is 5.91 Å². The first-order chi connectivity index (χ1) is 7.63. The number of benzene rings is 1. The summed E-state index contributed by atoms with van der Waals surface area (Å²) in [5.41, 5.74) is 2.45. The second-order valence-corrected chi connectivity index (χ2v) is 3.97. The van der Waals surface area contributed by atoms with E-state index in [9.17, 15) is 4.79 Å². The van der Waals surface area contributed by atoms with Crippen molar-refractivity contribution >= 4 is 5.91 Å². The fourth-order valence-corrected chi connectivity index (χ4v) is 1.56. The molecule has 1 atom stereocenters. The maximum Gasteiger partial charge on any atom is 0.233 e. The van der Waals surface area contributed by atoms with Crippen LogP contribution in [0.15, 0.2) is 24.3 Å². The average Bonchev–Trinajstić information content (AvgIpc) is 2.26. The van der Waals surface area contributed by atoms with Gasteiger partial charge in [-0.25, -0.2) is 0 Å². The Labute approximate surface area is 97.2 Å². The Morgan fingerprint density at radius 3 is 2.81 bits per heavy atom. The first-order valence-corrected chi connectivity index (χ1v) is 5.70. The van der Waals surface area contributed by atoms with E-state index in [0.717, 1.165) is 0 Å². The lowest BCUT2D eigenvalue weighted by Crippen LogP contribution is -2.34. The molecule has 0 aliphatic heterocycles. The van der Waals surface area contributed by atoms with Crippen molar-refractivity contribution in [3.63, 3.8) is 0 Å². The molecule has 0 aliphatic carbocycles. The number of likely N-dealkylation sites (N-methyl/N-ethyl adjacent to an activating group) is 1. The molecule has 0 saturated carbocycles. The number of amides is 1. The van der Waals surface area contributed by atoms with Crippen LogP contribution in [-0.4, -0.2) is 19.0 Å². The van der Waals surface area contributed by atoms with Crippen LogP contribution in [0.25, 0.3) is 0 Å². The number of hydrogen-bond acceptors (Lipinski definition) is 2. The van der Waals surface area contributed by atoms with Gasteiger partial charge in [0.05, 0.1) is 6.54 Å². The van der Waals surface area contributed by atoms with Crippen molar-refractivity contribution in [3.8, 4) is 0 Å². The predicted octanol–water partition coefficient (Wildman–Crippen LogP) is 1.78. The first kappa shape index (κ1) is 12.7. The van der Waals surface area contributed by atoms with Gasteiger partial charge < -0.3 is 10.6 Å². The maximum atomic E-state index is 11.3. The number of rotatable bonds is 5. The minimum atomic E-state index is 0.0435. The van der Waals surface area contributed by atoms with Gasteiger partial charge in [0.25, 0.3) is 0 Å². The van der Waals surface area contributed by atoms with Crippen LogP contribution in [0.2, 0.25) is 0 Å². The summed E-state index contributed by atoms with van der Waals surface area (Å²) in [6.07, 6.45) is 0. The Hall–Kier alpha value is -1.35. The molecule has 16 heavy (non-hydrogen) atoms. The second-order valence-electron chi connectivity index (χ2n) is 3.97. The second kappa shape index (κ2) is 6.28. The molecular weight excluding hydrogens is 200 g/mol. The van der Waals surface area contributed by atoms with Crippen molar-refractivity contribution < 1.29 is 4.79 Å². The molecule has 0 aliphatic rings. The molecule has 0 saturated heterocycles. The van der Waals surface area contributed by atoms with Gasteiger partial charge >= 0.3 is 0 Å². The lowest BCUT2D eigenvalue weighted by atomic mass is 10.1. The molecule has 0 radical (unpaired) electrons. The quantitative estimate of drug-likeness (QED) is 0.794. The van der Waals surface area contributed by atoms with Crippen LogP contribution in [0.5, 0.6) is 0 Å². The number of hydrogen-bond donors (Lipinski definition) is 2. The summed E-state index contributed by atoms with van der Waals surface area (Å²) in [4.78, 5) is 11.3. The van der Waals surface area contributed by atoms with Crippen molar-refractivity contribution in [1.29, 1.82) is 0 Å². The molecule has 1 amide bonds. The van der Waals surface area contributed by atoms with Gasteiger partial charge in [0.1, 0.15) is 0 Å². The molecule has 3 nitrogen and oxygen atoms in total.